The van der Waals surface area contributed by atoms with Crippen molar-refractivity contribution in [3.63, 3.8) is 0 Å². The van der Waals surface area contributed by atoms with Gasteiger partial charge in [0.25, 0.3) is 0 Å². The van der Waals surface area contributed by atoms with Crippen molar-refractivity contribution in [1.29, 1.82) is 0 Å². The SMILES string of the molecule is C=Cc1ccc(C(C)=O)cc1Cl. The molecule has 0 fully saturated rings. The number of ketones is 1. The van der Waals surface area contributed by atoms with Crippen LogP contribution in [-0.4, -0.2) is 5.78 Å². The second-order valence-corrected chi connectivity index (χ2v) is 2.90. The summed E-state index contributed by atoms with van der Waals surface area (Å²) < 4.78 is 0. The van der Waals surface area contributed by atoms with Crippen LogP contribution in [0.3, 0.4) is 0 Å². The molecule has 62 valence electrons. The summed E-state index contributed by atoms with van der Waals surface area (Å²) in [5, 5.41) is 0.567. The van der Waals surface area contributed by atoms with E-state index in [0.717, 1.165) is 5.56 Å². The highest BCUT2D eigenvalue weighted by molar-refractivity contribution is 6.32. The second-order valence-electron chi connectivity index (χ2n) is 2.50. The Bertz CT molecular complexity index is 329. The maximum atomic E-state index is 10.9. The lowest BCUT2D eigenvalue weighted by Gasteiger charge is -1.99. The number of carbonyl (C=O) groups is 1. The van der Waals surface area contributed by atoms with E-state index in [1.54, 1.807) is 24.3 Å². The summed E-state index contributed by atoms with van der Waals surface area (Å²) >= 11 is 5.85. The Morgan fingerprint density at radius 1 is 1.58 bits per heavy atom. The van der Waals surface area contributed by atoms with E-state index in [0.29, 0.717) is 10.6 Å². The van der Waals surface area contributed by atoms with E-state index in [1.165, 1.54) is 6.92 Å². The largest absolute Gasteiger partial charge is 0.295 e. The monoisotopic (exact) mass is 180 g/mol. The lowest BCUT2D eigenvalue weighted by molar-refractivity contribution is 0.101. The minimum Gasteiger partial charge on any atom is -0.295 e. The Kier molecular flexibility index (Phi) is 2.66. The van der Waals surface area contributed by atoms with Gasteiger partial charge in [0, 0.05) is 10.6 Å². The van der Waals surface area contributed by atoms with Gasteiger partial charge in [0.1, 0.15) is 0 Å². The van der Waals surface area contributed by atoms with Gasteiger partial charge in [-0.25, -0.2) is 0 Å². The van der Waals surface area contributed by atoms with Crippen molar-refractivity contribution in [3.8, 4) is 0 Å². The quantitative estimate of drug-likeness (QED) is 0.639. The van der Waals surface area contributed by atoms with E-state index >= 15 is 0 Å². The lowest BCUT2D eigenvalue weighted by atomic mass is 10.1. The Hall–Kier alpha value is -1.08. The van der Waals surface area contributed by atoms with Crippen molar-refractivity contribution < 1.29 is 4.79 Å². The normalized spacial score (nSPS) is 9.50. The third-order valence-corrected chi connectivity index (χ3v) is 1.95. The van der Waals surface area contributed by atoms with Crippen molar-refractivity contribution in [2.75, 3.05) is 0 Å². The van der Waals surface area contributed by atoms with Crippen LogP contribution < -0.4 is 0 Å². The molecule has 0 saturated heterocycles. The molecule has 1 aromatic carbocycles. The highest BCUT2D eigenvalue weighted by atomic mass is 35.5. The van der Waals surface area contributed by atoms with Crippen LogP contribution >= 0.6 is 11.6 Å². The minimum absolute atomic E-state index is 0.0208. The van der Waals surface area contributed by atoms with Gasteiger partial charge in [0.05, 0.1) is 0 Å². The Morgan fingerprint density at radius 2 is 2.25 bits per heavy atom. The highest BCUT2D eigenvalue weighted by Crippen LogP contribution is 2.18. The molecule has 0 N–H and O–H groups in total. The number of rotatable bonds is 2. The average molecular weight is 181 g/mol. The first-order valence-corrected chi connectivity index (χ1v) is 3.96. The molecule has 0 aliphatic carbocycles. The molecule has 1 nitrogen and oxygen atoms in total. The Labute approximate surface area is 76.7 Å². The van der Waals surface area contributed by atoms with Crippen molar-refractivity contribution in [3.05, 3.63) is 40.9 Å². The van der Waals surface area contributed by atoms with Crippen LogP contribution in [0.1, 0.15) is 22.8 Å². The molecule has 12 heavy (non-hydrogen) atoms. The number of halogens is 1. The molecule has 0 saturated carbocycles. The van der Waals surface area contributed by atoms with Crippen LogP contribution in [0.2, 0.25) is 5.02 Å². The summed E-state index contributed by atoms with van der Waals surface area (Å²) in [4.78, 5) is 10.9. The van der Waals surface area contributed by atoms with Crippen molar-refractivity contribution >= 4 is 23.5 Å². The Balaban J connectivity index is 3.18. The van der Waals surface area contributed by atoms with Crippen LogP contribution in [0.15, 0.2) is 24.8 Å². The predicted octanol–water partition coefficient (Wildman–Crippen LogP) is 3.19. The van der Waals surface area contributed by atoms with Crippen LogP contribution in [0, 0.1) is 0 Å². The smallest absolute Gasteiger partial charge is 0.159 e. The van der Waals surface area contributed by atoms with E-state index < -0.39 is 0 Å². The van der Waals surface area contributed by atoms with Crippen LogP contribution in [0.5, 0.6) is 0 Å². The highest BCUT2D eigenvalue weighted by Gasteiger charge is 2.01. The molecule has 0 bridgehead atoms. The summed E-state index contributed by atoms with van der Waals surface area (Å²) in [5.41, 5.74) is 1.48. The summed E-state index contributed by atoms with van der Waals surface area (Å²) in [5.74, 6) is 0.0208. The van der Waals surface area contributed by atoms with Gasteiger partial charge < -0.3 is 0 Å². The zero-order chi connectivity index (χ0) is 9.14. The summed E-state index contributed by atoms with van der Waals surface area (Å²) in [6.07, 6.45) is 1.66. The van der Waals surface area contributed by atoms with Crippen molar-refractivity contribution in [1.82, 2.24) is 0 Å². The van der Waals surface area contributed by atoms with Gasteiger partial charge in [-0.15, -0.1) is 0 Å². The fourth-order valence-corrected chi connectivity index (χ4v) is 1.17. The topological polar surface area (TPSA) is 17.1 Å². The van der Waals surface area contributed by atoms with Gasteiger partial charge in [-0.05, 0) is 18.6 Å². The van der Waals surface area contributed by atoms with Crippen molar-refractivity contribution in [2.45, 2.75) is 6.92 Å². The lowest BCUT2D eigenvalue weighted by Crippen LogP contribution is -1.91. The van der Waals surface area contributed by atoms with E-state index in [2.05, 4.69) is 6.58 Å². The molecule has 1 rings (SSSR count). The standard InChI is InChI=1S/C10H9ClO/c1-3-8-4-5-9(7(2)12)6-10(8)11/h3-6H,1H2,2H3. The number of carbonyl (C=O) groups excluding carboxylic acids is 1. The van der Waals surface area contributed by atoms with Gasteiger partial charge in [0.15, 0.2) is 5.78 Å². The summed E-state index contributed by atoms with van der Waals surface area (Å²) in [6, 6.07) is 5.18. The molecule has 0 heterocycles. The summed E-state index contributed by atoms with van der Waals surface area (Å²) in [7, 11) is 0. The van der Waals surface area contributed by atoms with Gasteiger partial charge in [0.2, 0.25) is 0 Å². The van der Waals surface area contributed by atoms with E-state index in [9.17, 15) is 4.79 Å². The first kappa shape index (κ1) is 9.01. The molecule has 0 radical (unpaired) electrons. The second kappa shape index (κ2) is 3.55. The molecule has 2 heteroatoms. The average Bonchev–Trinajstić information content (AvgIpc) is 2.04. The summed E-state index contributed by atoms with van der Waals surface area (Å²) in [6.45, 7) is 5.11. The van der Waals surface area contributed by atoms with E-state index in [1.807, 2.05) is 0 Å². The van der Waals surface area contributed by atoms with Gasteiger partial charge in [-0.1, -0.05) is 36.4 Å². The van der Waals surface area contributed by atoms with Gasteiger partial charge in [-0.3, -0.25) is 4.79 Å². The molecule has 0 aromatic heterocycles. The number of hydrogen-bond donors (Lipinski definition) is 0. The third-order valence-electron chi connectivity index (χ3n) is 1.63. The molecule has 0 unspecified atom stereocenters. The number of benzene rings is 1. The maximum absolute atomic E-state index is 10.9. The van der Waals surface area contributed by atoms with Crippen LogP contribution in [-0.2, 0) is 0 Å². The molecule has 0 atom stereocenters. The first-order chi connectivity index (χ1) is 5.65. The van der Waals surface area contributed by atoms with E-state index in [-0.39, 0.29) is 5.78 Å². The minimum atomic E-state index is 0.0208. The molecule has 1 aromatic rings. The zero-order valence-electron chi connectivity index (χ0n) is 6.80. The van der Waals surface area contributed by atoms with Crippen LogP contribution in [0.25, 0.3) is 6.08 Å². The molecule has 0 spiro atoms. The first-order valence-electron chi connectivity index (χ1n) is 3.58. The fourth-order valence-electron chi connectivity index (χ4n) is 0.912. The molecule has 0 aliphatic heterocycles. The number of hydrogen-bond acceptors (Lipinski definition) is 1. The Morgan fingerprint density at radius 3 is 2.67 bits per heavy atom. The molecular formula is C10H9ClO. The zero-order valence-corrected chi connectivity index (χ0v) is 7.56. The van der Waals surface area contributed by atoms with Gasteiger partial charge >= 0.3 is 0 Å². The van der Waals surface area contributed by atoms with Crippen molar-refractivity contribution in [2.24, 2.45) is 0 Å². The predicted molar refractivity (Wildman–Crippen MR) is 51.5 cm³/mol. The third kappa shape index (κ3) is 1.74. The van der Waals surface area contributed by atoms with Crippen LogP contribution in [0.4, 0.5) is 0 Å². The molecule has 0 aliphatic rings. The van der Waals surface area contributed by atoms with Gasteiger partial charge in [-0.2, -0.15) is 0 Å². The number of Topliss-reactive ketones (excluding diaryl/α,β-unsaturated/α-hetero) is 1. The molecule has 0 amide bonds. The maximum Gasteiger partial charge on any atom is 0.159 e. The fraction of sp³-hybridized carbons (Fsp3) is 0.100. The molecular weight excluding hydrogens is 172 g/mol. The van der Waals surface area contributed by atoms with E-state index in [4.69, 9.17) is 11.6 Å².